The molecule has 10 heteroatoms. The van der Waals surface area contributed by atoms with Gasteiger partial charge >= 0.3 is 6.09 Å². The summed E-state index contributed by atoms with van der Waals surface area (Å²) in [6.45, 7) is 6.90. The topological polar surface area (TPSA) is 101 Å². The van der Waals surface area contributed by atoms with E-state index in [1.165, 1.54) is 10.5 Å². The van der Waals surface area contributed by atoms with E-state index in [1.807, 2.05) is 24.3 Å². The minimum atomic E-state index is -0.880. The lowest BCUT2D eigenvalue weighted by Gasteiger charge is -2.23. The minimum absolute atomic E-state index is 0.239. The molecular weight excluding hydrogens is 635 g/mol. The number of carbonyl (C=O) groups is 1. The average Bonchev–Trinajstić information content (AvgIpc) is 3.33. The minimum Gasteiger partial charge on any atom is -0.508 e. The Morgan fingerprint density at radius 3 is 2.15 bits per heavy atom. The zero-order valence-electron chi connectivity index (χ0n) is 27.3. The zero-order valence-corrected chi connectivity index (χ0v) is 28.8. The van der Waals surface area contributed by atoms with Crippen molar-refractivity contribution in [2.75, 3.05) is 55.9 Å². The number of carboxylic acid groups (broad SMARTS) is 1. The molecule has 0 aliphatic rings. The summed E-state index contributed by atoms with van der Waals surface area (Å²) in [5.41, 5.74) is 6.64. The molecule has 0 saturated carbocycles. The van der Waals surface area contributed by atoms with Gasteiger partial charge in [-0.2, -0.15) is 0 Å². The SMILES string of the molecule is Cc1c(-c2ccc(O)cc2)n(CCCCCCNCCN(CCCc2ccc(N(CCCl)CCCl)cc2)C(=O)O)c2ccc(O)cc12. The first-order valence-corrected chi connectivity index (χ1v) is 17.6. The van der Waals surface area contributed by atoms with Crippen LogP contribution in [0.15, 0.2) is 66.7 Å². The lowest BCUT2D eigenvalue weighted by atomic mass is 10.1. The first kappa shape index (κ1) is 36.2. The fourth-order valence-corrected chi connectivity index (χ4v) is 6.58. The van der Waals surface area contributed by atoms with Crippen molar-refractivity contribution in [3.8, 4) is 22.8 Å². The van der Waals surface area contributed by atoms with Crippen molar-refractivity contribution < 1.29 is 20.1 Å². The second-order valence-electron chi connectivity index (χ2n) is 11.9. The third kappa shape index (κ3) is 10.4. The van der Waals surface area contributed by atoms with Gasteiger partial charge in [0.2, 0.25) is 0 Å². The van der Waals surface area contributed by atoms with Gasteiger partial charge in [-0.3, -0.25) is 0 Å². The highest BCUT2D eigenvalue weighted by Crippen LogP contribution is 2.36. The summed E-state index contributed by atoms with van der Waals surface area (Å²) < 4.78 is 2.32. The standard InChI is InChI=1S/C37H48Cl2N4O4/c1-28-34-27-33(45)16-17-35(34)43(36(28)30-10-14-32(44)15-11-30)23-5-3-2-4-20-40-21-26-42(37(46)47)22-6-7-29-8-12-31(13-9-29)41(24-18-38)25-19-39/h8-17,27,40,44-45H,2-7,18-26H2,1H3,(H,46,47). The van der Waals surface area contributed by atoms with Crippen LogP contribution in [-0.2, 0) is 13.0 Å². The van der Waals surface area contributed by atoms with Crippen LogP contribution in [0.3, 0.4) is 0 Å². The Kier molecular flexibility index (Phi) is 14.4. The summed E-state index contributed by atoms with van der Waals surface area (Å²) in [4.78, 5) is 15.5. The zero-order chi connectivity index (χ0) is 33.6. The highest BCUT2D eigenvalue weighted by molar-refractivity contribution is 6.18. The monoisotopic (exact) mass is 682 g/mol. The highest BCUT2D eigenvalue weighted by Gasteiger charge is 2.16. The molecule has 0 saturated heterocycles. The molecule has 0 spiro atoms. The van der Waals surface area contributed by atoms with E-state index in [4.69, 9.17) is 23.2 Å². The second kappa shape index (κ2) is 18.7. The van der Waals surface area contributed by atoms with Crippen molar-refractivity contribution >= 4 is 45.9 Å². The Morgan fingerprint density at radius 2 is 1.47 bits per heavy atom. The second-order valence-corrected chi connectivity index (χ2v) is 12.7. The first-order chi connectivity index (χ1) is 22.8. The number of aromatic nitrogens is 1. The predicted molar refractivity (Wildman–Crippen MR) is 195 cm³/mol. The first-order valence-electron chi connectivity index (χ1n) is 16.6. The van der Waals surface area contributed by atoms with Crippen LogP contribution in [0.25, 0.3) is 22.2 Å². The number of phenols is 2. The van der Waals surface area contributed by atoms with Gasteiger partial charge in [0.25, 0.3) is 0 Å². The molecule has 8 nitrogen and oxygen atoms in total. The maximum Gasteiger partial charge on any atom is 0.407 e. The molecule has 0 bridgehead atoms. The van der Waals surface area contributed by atoms with E-state index in [2.05, 4.69) is 46.0 Å². The van der Waals surface area contributed by atoms with Crippen LogP contribution < -0.4 is 10.2 Å². The number of nitrogens with one attached hydrogen (secondary N) is 1. The fourth-order valence-electron chi connectivity index (χ4n) is 6.17. The van der Waals surface area contributed by atoms with Crippen molar-refractivity contribution in [1.29, 1.82) is 0 Å². The van der Waals surface area contributed by atoms with E-state index in [0.29, 0.717) is 31.4 Å². The number of aromatic hydroxyl groups is 2. The van der Waals surface area contributed by atoms with Crippen molar-refractivity contribution in [2.45, 2.75) is 52.0 Å². The van der Waals surface area contributed by atoms with Gasteiger partial charge in [-0.1, -0.05) is 25.0 Å². The third-order valence-electron chi connectivity index (χ3n) is 8.66. The highest BCUT2D eigenvalue weighted by atomic mass is 35.5. The summed E-state index contributed by atoms with van der Waals surface area (Å²) >= 11 is 11.9. The van der Waals surface area contributed by atoms with Crippen LogP contribution in [0.2, 0.25) is 0 Å². The number of fused-ring (bicyclic) bond motifs is 1. The number of benzene rings is 3. The van der Waals surface area contributed by atoms with Crippen LogP contribution in [0, 0.1) is 6.92 Å². The summed E-state index contributed by atoms with van der Waals surface area (Å²) in [7, 11) is 0. The molecule has 4 N–H and O–H groups in total. The van der Waals surface area contributed by atoms with E-state index in [0.717, 1.165) is 98.1 Å². The normalized spacial score (nSPS) is 11.3. The average molecular weight is 684 g/mol. The van der Waals surface area contributed by atoms with E-state index < -0.39 is 6.09 Å². The molecule has 4 aromatic rings. The Labute approximate surface area is 288 Å². The number of phenolic OH excluding ortho intramolecular Hbond substituents is 2. The molecule has 0 aliphatic carbocycles. The summed E-state index contributed by atoms with van der Waals surface area (Å²) in [6.07, 6.45) is 4.91. The molecule has 1 heterocycles. The number of hydrogen-bond donors (Lipinski definition) is 4. The van der Waals surface area contributed by atoms with Gasteiger partial charge < -0.3 is 35.0 Å². The molecule has 4 rings (SSSR count). The number of alkyl halides is 2. The van der Waals surface area contributed by atoms with Gasteiger partial charge in [0, 0.05) is 67.6 Å². The Bertz CT molecular complexity index is 1540. The van der Waals surface area contributed by atoms with E-state index >= 15 is 0 Å². The largest absolute Gasteiger partial charge is 0.508 e. The Morgan fingerprint density at radius 1 is 0.787 bits per heavy atom. The van der Waals surface area contributed by atoms with Gasteiger partial charge in [0.15, 0.2) is 0 Å². The molecule has 0 aliphatic heterocycles. The molecule has 254 valence electrons. The maximum absolute atomic E-state index is 11.8. The summed E-state index contributed by atoms with van der Waals surface area (Å²) in [6, 6.07) is 21.2. The van der Waals surface area contributed by atoms with Crippen molar-refractivity contribution in [2.24, 2.45) is 0 Å². The molecule has 3 aromatic carbocycles. The van der Waals surface area contributed by atoms with Crippen LogP contribution in [0.4, 0.5) is 10.5 Å². The number of nitrogens with zero attached hydrogens (tertiary/aromatic N) is 3. The quantitative estimate of drug-likeness (QED) is 0.0556. The molecule has 1 aromatic heterocycles. The van der Waals surface area contributed by atoms with Crippen molar-refractivity contribution in [1.82, 2.24) is 14.8 Å². The van der Waals surface area contributed by atoms with Gasteiger partial charge in [-0.25, -0.2) is 4.79 Å². The third-order valence-corrected chi connectivity index (χ3v) is 9.00. The number of aryl methyl sites for hydroxylation is 3. The molecule has 0 unspecified atom stereocenters. The molecule has 0 fully saturated rings. The molecule has 47 heavy (non-hydrogen) atoms. The fraction of sp³-hybridized carbons (Fsp3) is 0.432. The van der Waals surface area contributed by atoms with Gasteiger partial charge in [-0.15, -0.1) is 23.2 Å². The van der Waals surface area contributed by atoms with Crippen molar-refractivity contribution in [3.63, 3.8) is 0 Å². The Balaban J connectivity index is 1.15. The summed E-state index contributed by atoms with van der Waals surface area (Å²) in [5, 5.41) is 34.0. The van der Waals surface area contributed by atoms with Crippen molar-refractivity contribution in [3.05, 3.63) is 77.9 Å². The lowest BCUT2D eigenvalue weighted by Crippen LogP contribution is -2.37. The smallest absolute Gasteiger partial charge is 0.407 e. The molecule has 0 radical (unpaired) electrons. The van der Waals surface area contributed by atoms with E-state index in [9.17, 15) is 20.1 Å². The molecule has 0 atom stereocenters. The number of halogens is 2. The lowest BCUT2D eigenvalue weighted by molar-refractivity contribution is 0.145. The van der Waals surface area contributed by atoms with Gasteiger partial charge in [0.1, 0.15) is 11.5 Å². The number of amides is 1. The van der Waals surface area contributed by atoms with Crippen LogP contribution in [-0.4, -0.2) is 81.9 Å². The number of rotatable bonds is 20. The van der Waals surface area contributed by atoms with E-state index in [1.54, 1.807) is 18.2 Å². The van der Waals surface area contributed by atoms with E-state index in [-0.39, 0.29) is 11.5 Å². The molecule has 1 amide bonds. The molecular formula is C37H48Cl2N4O4. The van der Waals surface area contributed by atoms with Crippen LogP contribution >= 0.6 is 23.2 Å². The number of hydrogen-bond acceptors (Lipinski definition) is 5. The van der Waals surface area contributed by atoms with Gasteiger partial charge in [-0.05, 0) is 110 Å². The summed E-state index contributed by atoms with van der Waals surface area (Å²) in [5.74, 6) is 1.58. The van der Waals surface area contributed by atoms with Crippen LogP contribution in [0.1, 0.15) is 43.2 Å². The Hall–Kier alpha value is -3.59. The maximum atomic E-state index is 11.8. The number of anilines is 1. The van der Waals surface area contributed by atoms with Gasteiger partial charge in [0.05, 0.1) is 5.69 Å². The number of unbranched alkanes of at least 4 members (excludes halogenated alkanes) is 3. The van der Waals surface area contributed by atoms with Crippen LogP contribution in [0.5, 0.6) is 11.5 Å². The predicted octanol–water partition coefficient (Wildman–Crippen LogP) is 8.07.